The average molecular weight is 310 g/mol. The second-order valence-corrected chi connectivity index (χ2v) is 8.53. The molecule has 1 saturated heterocycles. The quantitative estimate of drug-likeness (QED) is 0.882. The molecule has 2 heterocycles. The molecule has 0 saturated carbocycles. The number of nitrogens with zero attached hydrogens (tertiary/aromatic N) is 2. The van der Waals surface area contributed by atoms with Gasteiger partial charge in [0.25, 0.3) is 0 Å². The highest BCUT2D eigenvalue weighted by Gasteiger charge is 2.29. The third-order valence-corrected chi connectivity index (χ3v) is 5.33. The zero-order valence-electron chi connectivity index (χ0n) is 14.5. The fraction of sp³-hybridized carbons (Fsp3) is 0.824. The monoisotopic (exact) mass is 309 g/mol. The molecule has 0 aliphatic carbocycles. The standard InChI is InChI=1S/C17H31N3S/c1-7-13-15(11-18-17(4,5)6)21-16(19-13)20-10-8-9-14(20)12(2)3/h12,14,18H,7-11H2,1-6H3. The average Bonchev–Trinajstić information content (AvgIpc) is 3.01. The Morgan fingerprint density at radius 1 is 1.38 bits per heavy atom. The van der Waals surface area contributed by atoms with Crippen LogP contribution in [0.2, 0.25) is 0 Å². The third-order valence-electron chi connectivity index (χ3n) is 4.20. The minimum absolute atomic E-state index is 0.156. The van der Waals surface area contributed by atoms with Gasteiger partial charge in [-0.2, -0.15) is 0 Å². The first kappa shape index (κ1) is 16.8. The van der Waals surface area contributed by atoms with E-state index in [1.54, 1.807) is 0 Å². The lowest BCUT2D eigenvalue weighted by molar-refractivity contribution is 0.425. The van der Waals surface area contributed by atoms with E-state index >= 15 is 0 Å². The van der Waals surface area contributed by atoms with E-state index in [-0.39, 0.29) is 5.54 Å². The van der Waals surface area contributed by atoms with Gasteiger partial charge in [-0.15, -0.1) is 11.3 Å². The van der Waals surface area contributed by atoms with Crippen LogP contribution in [-0.2, 0) is 13.0 Å². The molecule has 1 aromatic rings. The van der Waals surface area contributed by atoms with Crippen LogP contribution in [0.5, 0.6) is 0 Å². The Morgan fingerprint density at radius 3 is 2.67 bits per heavy atom. The minimum atomic E-state index is 0.156. The number of nitrogens with one attached hydrogen (secondary N) is 1. The summed E-state index contributed by atoms with van der Waals surface area (Å²) in [5.74, 6) is 0.706. The molecule has 0 amide bonds. The summed E-state index contributed by atoms with van der Waals surface area (Å²) in [5.41, 5.74) is 1.43. The molecule has 120 valence electrons. The van der Waals surface area contributed by atoms with Crippen molar-refractivity contribution < 1.29 is 0 Å². The highest BCUT2D eigenvalue weighted by molar-refractivity contribution is 7.15. The van der Waals surface area contributed by atoms with Crippen LogP contribution in [-0.4, -0.2) is 23.1 Å². The first-order valence-electron chi connectivity index (χ1n) is 8.32. The predicted octanol–water partition coefficient (Wildman–Crippen LogP) is 4.22. The Labute approximate surface area is 134 Å². The smallest absolute Gasteiger partial charge is 0.186 e. The Balaban J connectivity index is 2.16. The number of hydrogen-bond donors (Lipinski definition) is 1. The van der Waals surface area contributed by atoms with Gasteiger partial charge in [-0.3, -0.25) is 0 Å². The molecule has 2 rings (SSSR count). The van der Waals surface area contributed by atoms with Gasteiger partial charge >= 0.3 is 0 Å². The molecule has 1 unspecified atom stereocenters. The molecule has 1 aliphatic heterocycles. The normalized spacial score (nSPS) is 19.8. The zero-order chi connectivity index (χ0) is 15.6. The summed E-state index contributed by atoms with van der Waals surface area (Å²) in [4.78, 5) is 8.91. The van der Waals surface area contributed by atoms with E-state index in [4.69, 9.17) is 4.98 Å². The molecular weight excluding hydrogens is 278 g/mol. The summed E-state index contributed by atoms with van der Waals surface area (Å²) in [6.07, 6.45) is 3.64. The predicted molar refractivity (Wildman–Crippen MR) is 93.3 cm³/mol. The maximum absolute atomic E-state index is 4.95. The molecule has 1 N–H and O–H groups in total. The molecule has 1 atom stereocenters. The van der Waals surface area contributed by atoms with Crippen LogP contribution < -0.4 is 10.2 Å². The van der Waals surface area contributed by atoms with Crippen LogP contribution in [0, 0.1) is 5.92 Å². The van der Waals surface area contributed by atoms with E-state index in [2.05, 4.69) is 51.8 Å². The van der Waals surface area contributed by atoms with Crippen molar-refractivity contribution in [3.63, 3.8) is 0 Å². The third kappa shape index (κ3) is 4.19. The van der Waals surface area contributed by atoms with Gasteiger partial charge in [0.1, 0.15) is 0 Å². The van der Waals surface area contributed by atoms with E-state index in [0.717, 1.165) is 13.0 Å². The lowest BCUT2D eigenvalue weighted by Gasteiger charge is -2.27. The molecule has 21 heavy (non-hydrogen) atoms. The Hall–Kier alpha value is -0.610. The number of aromatic nitrogens is 1. The van der Waals surface area contributed by atoms with Gasteiger partial charge in [-0.05, 0) is 46.0 Å². The van der Waals surface area contributed by atoms with Crippen molar-refractivity contribution in [3.8, 4) is 0 Å². The highest BCUT2D eigenvalue weighted by Crippen LogP contribution is 2.34. The first-order valence-corrected chi connectivity index (χ1v) is 9.13. The van der Waals surface area contributed by atoms with E-state index in [1.807, 2.05) is 11.3 Å². The maximum atomic E-state index is 4.95. The summed E-state index contributed by atoms with van der Waals surface area (Å²) in [6, 6.07) is 0.671. The Morgan fingerprint density at radius 2 is 2.10 bits per heavy atom. The molecule has 0 bridgehead atoms. The maximum Gasteiger partial charge on any atom is 0.186 e. The fourth-order valence-electron chi connectivity index (χ4n) is 2.98. The molecule has 3 nitrogen and oxygen atoms in total. The number of rotatable bonds is 5. The lowest BCUT2D eigenvalue weighted by Crippen LogP contribution is -2.35. The van der Waals surface area contributed by atoms with E-state index in [1.165, 1.54) is 35.1 Å². The topological polar surface area (TPSA) is 28.2 Å². The number of anilines is 1. The van der Waals surface area contributed by atoms with Crippen molar-refractivity contribution in [1.29, 1.82) is 0 Å². The molecule has 0 radical (unpaired) electrons. The van der Waals surface area contributed by atoms with Gasteiger partial charge in [0.05, 0.1) is 5.69 Å². The van der Waals surface area contributed by atoms with Crippen molar-refractivity contribution in [2.75, 3.05) is 11.4 Å². The minimum Gasteiger partial charge on any atom is -0.345 e. The van der Waals surface area contributed by atoms with E-state index in [0.29, 0.717) is 12.0 Å². The van der Waals surface area contributed by atoms with E-state index < -0.39 is 0 Å². The van der Waals surface area contributed by atoms with Crippen LogP contribution in [0.15, 0.2) is 0 Å². The summed E-state index contributed by atoms with van der Waals surface area (Å²) in [5, 5.41) is 4.85. The summed E-state index contributed by atoms with van der Waals surface area (Å²) >= 11 is 1.90. The van der Waals surface area contributed by atoms with Gasteiger partial charge in [0.15, 0.2) is 5.13 Å². The van der Waals surface area contributed by atoms with Gasteiger partial charge in [0.2, 0.25) is 0 Å². The van der Waals surface area contributed by atoms with Crippen molar-refractivity contribution in [2.45, 2.75) is 78.9 Å². The number of thiazole rings is 1. The first-order chi connectivity index (χ1) is 9.81. The zero-order valence-corrected chi connectivity index (χ0v) is 15.3. The molecular formula is C17H31N3S. The molecule has 0 aromatic carbocycles. The highest BCUT2D eigenvalue weighted by atomic mass is 32.1. The van der Waals surface area contributed by atoms with Crippen LogP contribution in [0.25, 0.3) is 0 Å². The summed E-state index contributed by atoms with van der Waals surface area (Å²) in [7, 11) is 0. The fourth-order valence-corrected chi connectivity index (χ4v) is 4.15. The van der Waals surface area contributed by atoms with Crippen molar-refractivity contribution in [3.05, 3.63) is 10.6 Å². The number of hydrogen-bond acceptors (Lipinski definition) is 4. The van der Waals surface area contributed by atoms with E-state index in [9.17, 15) is 0 Å². The van der Waals surface area contributed by atoms with Crippen LogP contribution in [0.1, 0.15) is 65.0 Å². The van der Waals surface area contributed by atoms with Gasteiger partial charge in [-0.25, -0.2) is 4.98 Å². The summed E-state index contributed by atoms with van der Waals surface area (Å²) in [6.45, 7) is 15.6. The second-order valence-electron chi connectivity index (χ2n) is 7.47. The van der Waals surface area contributed by atoms with Crippen LogP contribution in [0.3, 0.4) is 0 Å². The van der Waals surface area contributed by atoms with Crippen molar-refractivity contribution in [2.24, 2.45) is 5.92 Å². The van der Waals surface area contributed by atoms with Gasteiger partial charge < -0.3 is 10.2 Å². The van der Waals surface area contributed by atoms with Crippen molar-refractivity contribution in [1.82, 2.24) is 10.3 Å². The summed E-state index contributed by atoms with van der Waals surface area (Å²) < 4.78 is 0. The molecule has 0 spiro atoms. The number of aryl methyl sites for hydroxylation is 1. The molecule has 4 heteroatoms. The lowest BCUT2D eigenvalue weighted by atomic mass is 10.0. The van der Waals surface area contributed by atoms with Gasteiger partial charge in [0, 0.05) is 29.5 Å². The SMILES string of the molecule is CCc1nc(N2CCCC2C(C)C)sc1CNC(C)(C)C. The molecule has 1 aliphatic rings. The van der Waals surface area contributed by atoms with Gasteiger partial charge in [-0.1, -0.05) is 20.8 Å². The Kier molecular flexibility index (Phi) is 5.31. The molecule has 1 fully saturated rings. The Bertz CT molecular complexity index is 459. The second kappa shape index (κ2) is 6.66. The largest absolute Gasteiger partial charge is 0.345 e. The molecule has 1 aromatic heterocycles. The van der Waals surface area contributed by atoms with Crippen molar-refractivity contribution >= 4 is 16.5 Å². The van der Waals surface area contributed by atoms with Crippen LogP contribution >= 0.6 is 11.3 Å². The van der Waals surface area contributed by atoms with Crippen LogP contribution in [0.4, 0.5) is 5.13 Å².